The van der Waals surface area contributed by atoms with Gasteiger partial charge in [0.2, 0.25) is 0 Å². The summed E-state index contributed by atoms with van der Waals surface area (Å²) in [4.78, 5) is 8.74. The van der Waals surface area contributed by atoms with Crippen LogP contribution in [0.15, 0.2) is 71.8 Å². The van der Waals surface area contributed by atoms with E-state index in [1.54, 1.807) is 18.6 Å². The van der Waals surface area contributed by atoms with Crippen molar-refractivity contribution in [3.63, 3.8) is 0 Å². The third kappa shape index (κ3) is 2.70. The Labute approximate surface area is 156 Å². The third-order valence-electron chi connectivity index (χ3n) is 5.18. The van der Waals surface area contributed by atoms with Crippen LogP contribution in [-0.4, -0.2) is 15.5 Å². The van der Waals surface area contributed by atoms with E-state index in [1.807, 2.05) is 16.8 Å². The predicted molar refractivity (Wildman–Crippen MR) is 103 cm³/mol. The molecule has 1 aliphatic carbocycles. The monoisotopic (exact) mass is 359 g/mol. The number of aliphatic imine (C=N–C) groups is 1. The SMILES string of the molecule is NC1=NC(c2ccc(-n3ccnc3)cc2)C2=C(N1)c1ccc(F)cc1CC2. The van der Waals surface area contributed by atoms with Crippen LogP contribution >= 0.6 is 0 Å². The van der Waals surface area contributed by atoms with Crippen LogP contribution in [0, 0.1) is 5.82 Å². The lowest BCUT2D eigenvalue weighted by molar-refractivity contribution is 0.623. The molecule has 5 nitrogen and oxygen atoms in total. The number of hydrogen-bond acceptors (Lipinski definition) is 4. The number of benzene rings is 2. The quantitative estimate of drug-likeness (QED) is 0.737. The molecule has 0 fully saturated rings. The van der Waals surface area contributed by atoms with Gasteiger partial charge in [-0.2, -0.15) is 0 Å². The van der Waals surface area contributed by atoms with E-state index in [0.29, 0.717) is 5.96 Å². The maximum Gasteiger partial charge on any atom is 0.194 e. The summed E-state index contributed by atoms with van der Waals surface area (Å²) in [5.74, 6) is 0.177. The first kappa shape index (κ1) is 15.8. The Morgan fingerprint density at radius 2 is 1.96 bits per heavy atom. The summed E-state index contributed by atoms with van der Waals surface area (Å²) in [6, 6.07) is 13.1. The number of hydrogen-bond donors (Lipinski definition) is 2. The zero-order chi connectivity index (χ0) is 18.4. The molecule has 134 valence electrons. The summed E-state index contributed by atoms with van der Waals surface area (Å²) in [6.45, 7) is 0. The van der Waals surface area contributed by atoms with Gasteiger partial charge in [0.25, 0.3) is 0 Å². The molecule has 2 aliphatic rings. The lowest BCUT2D eigenvalue weighted by Crippen LogP contribution is -2.37. The minimum Gasteiger partial charge on any atom is -0.370 e. The molecule has 5 rings (SSSR count). The Balaban J connectivity index is 1.56. The van der Waals surface area contributed by atoms with Crippen LogP contribution in [0.3, 0.4) is 0 Å². The molecule has 1 unspecified atom stereocenters. The van der Waals surface area contributed by atoms with Crippen LogP contribution in [0.2, 0.25) is 0 Å². The second kappa shape index (κ2) is 6.09. The average Bonchev–Trinajstić information content (AvgIpc) is 3.22. The van der Waals surface area contributed by atoms with Gasteiger partial charge in [-0.3, -0.25) is 0 Å². The van der Waals surface area contributed by atoms with Crippen molar-refractivity contribution < 1.29 is 4.39 Å². The fourth-order valence-corrected chi connectivity index (χ4v) is 3.90. The van der Waals surface area contributed by atoms with E-state index in [2.05, 4.69) is 39.6 Å². The topological polar surface area (TPSA) is 68.2 Å². The first-order valence-corrected chi connectivity index (χ1v) is 8.89. The summed E-state index contributed by atoms with van der Waals surface area (Å²) < 4.78 is 15.6. The highest BCUT2D eigenvalue weighted by Gasteiger charge is 2.29. The number of aryl methyl sites for hydroxylation is 1. The molecule has 27 heavy (non-hydrogen) atoms. The molecule has 0 spiro atoms. The molecule has 1 atom stereocenters. The van der Waals surface area contributed by atoms with Gasteiger partial charge in [-0.1, -0.05) is 12.1 Å². The van der Waals surface area contributed by atoms with Gasteiger partial charge in [0.15, 0.2) is 5.96 Å². The van der Waals surface area contributed by atoms with Gasteiger partial charge in [0, 0.05) is 23.6 Å². The molecule has 6 heteroatoms. The summed E-state index contributed by atoms with van der Waals surface area (Å²) in [7, 11) is 0. The van der Waals surface area contributed by atoms with Crippen LogP contribution in [0.4, 0.5) is 4.39 Å². The summed E-state index contributed by atoms with van der Waals surface area (Å²) in [5.41, 5.74) is 12.4. The van der Waals surface area contributed by atoms with Gasteiger partial charge < -0.3 is 15.6 Å². The Kier molecular flexibility index (Phi) is 3.57. The van der Waals surface area contributed by atoms with Crippen LogP contribution in [-0.2, 0) is 6.42 Å². The van der Waals surface area contributed by atoms with Crippen molar-refractivity contribution in [3.8, 4) is 5.69 Å². The molecule has 0 amide bonds. The Hall–Kier alpha value is -3.41. The normalized spacial score (nSPS) is 18.4. The van der Waals surface area contributed by atoms with Crippen LogP contribution in [0.1, 0.15) is 29.2 Å². The predicted octanol–water partition coefficient (Wildman–Crippen LogP) is 3.33. The smallest absolute Gasteiger partial charge is 0.194 e. The van der Waals surface area contributed by atoms with Crippen molar-refractivity contribution in [1.29, 1.82) is 0 Å². The number of nitrogens with one attached hydrogen (secondary N) is 1. The highest BCUT2D eigenvalue weighted by atomic mass is 19.1. The molecule has 0 bridgehead atoms. The molecule has 2 aromatic carbocycles. The van der Waals surface area contributed by atoms with Crippen LogP contribution < -0.4 is 11.1 Å². The Morgan fingerprint density at radius 1 is 1.11 bits per heavy atom. The molecule has 0 saturated heterocycles. The second-order valence-corrected chi connectivity index (χ2v) is 6.81. The van der Waals surface area contributed by atoms with Crippen molar-refractivity contribution in [2.75, 3.05) is 0 Å². The minimum absolute atomic E-state index is 0.128. The van der Waals surface area contributed by atoms with Crippen molar-refractivity contribution in [2.24, 2.45) is 10.7 Å². The molecule has 1 aromatic heterocycles. The van der Waals surface area contributed by atoms with E-state index in [4.69, 9.17) is 5.73 Å². The fourth-order valence-electron chi connectivity index (χ4n) is 3.90. The molecule has 0 radical (unpaired) electrons. The lowest BCUT2D eigenvalue weighted by Gasteiger charge is -2.31. The number of fused-ring (bicyclic) bond motifs is 2. The van der Waals surface area contributed by atoms with E-state index < -0.39 is 0 Å². The van der Waals surface area contributed by atoms with Crippen molar-refractivity contribution in [3.05, 3.63) is 89.3 Å². The standard InChI is InChI=1S/C21H18FN5/c22-15-4-8-17-14(11-15)3-7-18-19(25-21(23)26-20(17)18)13-1-5-16(6-2-13)27-10-9-24-12-27/h1-2,4-6,8-12,19H,3,7H2,(H3,23,25,26). The minimum atomic E-state index is -0.207. The fraction of sp³-hybridized carbons (Fsp3) is 0.143. The van der Waals surface area contributed by atoms with Gasteiger partial charge >= 0.3 is 0 Å². The van der Waals surface area contributed by atoms with Gasteiger partial charge in [-0.15, -0.1) is 0 Å². The number of guanidine groups is 1. The molecule has 3 aromatic rings. The Bertz CT molecular complexity index is 1060. The number of aromatic nitrogens is 2. The van der Waals surface area contributed by atoms with E-state index in [0.717, 1.165) is 40.9 Å². The maximum absolute atomic E-state index is 13.6. The van der Waals surface area contributed by atoms with E-state index in [9.17, 15) is 4.39 Å². The number of nitrogens with zero attached hydrogens (tertiary/aromatic N) is 3. The highest BCUT2D eigenvalue weighted by Crippen LogP contribution is 2.40. The van der Waals surface area contributed by atoms with Crippen molar-refractivity contribution in [2.45, 2.75) is 18.9 Å². The number of nitrogens with two attached hydrogens (primary N) is 1. The molecular weight excluding hydrogens is 341 g/mol. The van der Waals surface area contributed by atoms with Crippen LogP contribution in [0.25, 0.3) is 11.4 Å². The van der Waals surface area contributed by atoms with Crippen molar-refractivity contribution in [1.82, 2.24) is 14.9 Å². The lowest BCUT2D eigenvalue weighted by atomic mass is 9.83. The summed E-state index contributed by atoms with van der Waals surface area (Å²) in [5, 5.41) is 3.20. The summed E-state index contributed by atoms with van der Waals surface area (Å²) >= 11 is 0. The number of imidazole rings is 1. The highest BCUT2D eigenvalue weighted by molar-refractivity contribution is 5.92. The summed E-state index contributed by atoms with van der Waals surface area (Å²) in [6.07, 6.45) is 7.06. The van der Waals surface area contributed by atoms with E-state index >= 15 is 0 Å². The molecule has 1 aliphatic heterocycles. The average molecular weight is 359 g/mol. The van der Waals surface area contributed by atoms with Gasteiger partial charge in [-0.05, 0) is 59.9 Å². The van der Waals surface area contributed by atoms with E-state index in [1.165, 1.54) is 11.6 Å². The maximum atomic E-state index is 13.6. The van der Waals surface area contributed by atoms with Crippen molar-refractivity contribution >= 4 is 11.7 Å². The zero-order valence-corrected chi connectivity index (χ0v) is 14.6. The number of halogens is 1. The molecule has 0 saturated carbocycles. The Morgan fingerprint density at radius 3 is 2.74 bits per heavy atom. The largest absolute Gasteiger partial charge is 0.370 e. The van der Waals surface area contributed by atoms with Crippen LogP contribution in [0.5, 0.6) is 0 Å². The second-order valence-electron chi connectivity index (χ2n) is 6.81. The first-order chi connectivity index (χ1) is 13.2. The van der Waals surface area contributed by atoms with Gasteiger partial charge in [0.1, 0.15) is 11.9 Å². The number of rotatable bonds is 2. The van der Waals surface area contributed by atoms with E-state index in [-0.39, 0.29) is 11.9 Å². The molecule has 3 N–H and O–H groups in total. The zero-order valence-electron chi connectivity index (χ0n) is 14.6. The van der Waals surface area contributed by atoms with Gasteiger partial charge in [-0.25, -0.2) is 14.4 Å². The first-order valence-electron chi connectivity index (χ1n) is 8.89. The molecular formula is C21H18FN5. The third-order valence-corrected chi connectivity index (χ3v) is 5.18. The van der Waals surface area contributed by atoms with Gasteiger partial charge in [0.05, 0.1) is 12.0 Å². The molecule has 2 heterocycles.